The van der Waals surface area contributed by atoms with Crippen LogP contribution < -0.4 is 10.2 Å². The second kappa shape index (κ2) is 8.87. The largest absolute Gasteiger partial charge is 0.480 e. The van der Waals surface area contributed by atoms with E-state index in [1.165, 1.54) is 0 Å². The van der Waals surface area contributed by atoms with Crippen molar-refractivity contribution in [2.24, 2.45) is 0 Å². The van der Waals surface area contributed by atoms with Crippen molar-refractivity contribution in [1.29, 1.82) is 0 Å². The van der Waals surface area contributed by atoms with Crippen LogP contribution in [0.2, 0.25) is 0 Å². The minimum Gasteiger partial charge on any atom is -0.480 e. The van der Waals surface area contributed by atoms with Gasteiger partial charge in [-0.25, -0.2) is 4.79 Å². The Morgan fingerprint density at radius 3 is 2.12 bits per heavy atom. The monoisotopic (exact) mass is 340 g/mol. The molecule has 0 aliphatic rings. The average Bonchev–Trinajstić information content (AvgIpc) is 2.63. The molecule has 25 heavy (non-hydrogen) atoms. The van der Waals surface area contributed by atoms with Crippen LogP contribution in [0.1, 0.15) is 29.8 Å². The molecule has 0 aliphatic carbocycles. The molecule has 2 aromatic rings. The number of rotatable bonds is 8. The second-order valence-electron chi connectivity index (χ2n) is 5.77. The SMILES string of the molecule is CCN(CC)c1ccc(C(=O)N[C@@H](Cc2ccccc2)C(=O)O)cc1. The summed E-state index contributed by atoms with van der Waals surface area (Å²) in [5.74, 6) is -1.42. The smallest absolute Gasteiger partial charge is 0.326 e. The lowest BCUT2D eigenvalue weighted by Gasteiger charge is -2.21. The van der Waals surface area contributed by atoms with Crippen molar-refractivity contribution in [3.8, 4) is 0 Å². The number of aliphatic carboxylic acids is 1. The van der Waals surface area contributed by atoms with E-state index < -0.39 is 12.0 Å². The van der Waals surface area contributed by atoms with Gasteiger partial charge in [0.05, 0.1) is 0 Å². The maximum absolute atomic E-state index is 12.4. The highest BCUT2D eigenvalue weighted by Gasteiger charge is 2.21. The quantitative estimate of drug-likeness (QED) is 0.775. The fourth-order valence-electron chi connectivity index (χ4n) is 2.70. The minimum atomic E-state index is -1.04. The van der Waals surface area contributed by atoms with Crippen LogP contribution in [0.3, 0.4) is 0 Å². The van der Waals surface area contributed by atoms with Crippen LogP contribution in [-0.4, -0.2) is 36.1 Å². The summed E-state index contributed by atoms with van der Waals surface area (Å²) < 4.78 is 0. The maximum Gasteiger partial charge on any atom is 0.326 e. The number of nitrogens with one attached hydrogen (secondary N) is 1. The Bertz CT molecular complexity index is 695. The zero-order chi connectivity index (χ0) is 18.2. The van der Waals surface area contributed by atoms with Gasteiger partial charge < -0.3 is 15.3 Å². The third-order valence-corrected chi connectivity index (χ3v) is 4.14. The van der Waals surface area contributed by atoms with E-state index in [0.717, 1.165) is 24.3 Å². The molecular formula is C20H24N2O3. The van der Waals surface area contributed by atoms with Gasteiger partial charge >= 0.3 is 5.97 Å². The van der Waals surface area contributed by atoms with Crippen molar-refractivity contribution in [1.82, 2.24) is 5.32 Å². The van der Waals surface area contributed by atoms with Crippen LogP contribution in [0.4, 0.5) is 5.69 Å². The molecule has 2 N–H and O–H groups in total. The lowest BCUT2D eigenvalue weighted by Crippen LogP contribution is -2.42. The number of carboxylic acid groups (broad SMARTS) is 1. The van der Waals surface area contributed by atoms with Crippen molar-refractivity contribution in [2.45, 2.75) is 26.3 Å². The van der Waals surface area contributed by atoms with Crippen LogP contribution in [0.25, 0.3) is 0 Å². The summed E-state index contributed by atoms with van der Waals surface area (Å²) in [6.45, 7) is 5.93. The molecule has 0 aromatic heterocycles. The predicted molar refractivity (Wildman–Crippen MR) is 99.0 cm³/mol. The van der Waals surface area contributed by atoms with E-state index in [-0.39, 0.29) is 12.3 Å². The van der Waals surface area contributed by atoms with E-state index >= 15 is 0 Å². The van der Waals surface area contributed by atoms with Gasteiger partial charge in [-0.2, -0.15) is 0 Å². The summed E-state index contributed by atoms with van der Waals surface area (Å²) in [5.41, 5.74) is 2.36. The molecule has 1 amide bonds. The first kappa shape index (κ1) is 18.5. The maximum atomic E-state index is 12.4. The molecule has 0 fully saturated rings. The highest BCUT2D eigenvalue weighted by atomic mass is 16.4. The Hall–Kier alpha value is -2.82. The Kier molecular flexibility index (Phi) is 6.57. The van der Waals surface area contributed by atoms with E-state index in [9.17, 15) is 14.7 Å². The summed E-state index contributed by atoms with van der Waals surface area (Å²) in [7, 11) is 0. The molecule has 0 saturated carbocycles. The van der Waals surface area contributed by atoms with E-state index in [2.05, 4.69) is 24.1 Å². The van der Waals surface area contributed by atoms with Crippen molar-refractivity contribution in [3.05, 3.63) is 65.7 Å². The topological polar surface area (TPSA) is 69.6 Å². The molecule has 0 unspecified atom stereocenters. The van der Waals surface area contributed by atoms with Gasteiger partial charge in [-0.15, -0.1) is 0 Å². The average molecular weight is 340 g/mol. The minimum absolute atomic E-state index is 0.249. The zero-order valence-electron chi connectivity index (χ0n) is 14.6. The van der Waals surface area contributed by atoms with Crippen LogP contribution in [0.5, 0.6) is 0 Å². The van der Waals surface area contributed by atoms with Gasteiger partial charge in [0.2, 0.25) is 0 Å². The van der Waals surface area contributed by atoms with Gasteiger partial charge in [0, 0.05) is 30.8 Å². The fourth-order valence-corrected chi connectivity index (χ4v) is 2.70. The van der Waals surface area contributed by atoms with Gasteiger partial charge in [-0.1, -0.05) is 30.3 Å². The predicted octanol–water partition coefficient (Wildman–Crippen LogP) is 2.96. The number of carbonyl (C=O) groups is 2. The standard InChI is InChI=1S/C20H24N2O3/c1-3-22(4-2)17-12-10-16(11-13-17)19(23)21-18(20(24)25)14-15-8-6-5-7-9-15/h5-13,18H,3-4,14H2,1-2H3,(H,21,23)(H,24,25)/t18-/m0/s1. The normalized spacial score (nSPS) is 11.6. The number of carbonyl (C=O) groups excluding carboxylic acids is 1. The summed E-state index contributed by atoms with van der Waals surface area (Å²) in [6, 6.07) is 15.5. The first-order valence-electron chi connectivity index (χ1n) is 8.47. The molecule has 0 aliphatic heterocycles. The molecule has 0 heterocycles. The number of anilines is 1. The van der Waals surface area contributed by atoms with E-state index in [1.54, 1.807) is 12.1 Å². The molecule has 0 bridgehead atoms. The summed E-state index contributed by atoms with van der Waals surface area (Å²) >= 11 is 0. The molecule has 5 heteroatoms. The zero-order valence-corrected chi connectivity index (χ0v) is 14.6. The third kappa shape index (κ3) is 5.08. The first-order chi connectivity index (χ1) is 12.0. The highest BCUT2D eigenvalue weighted by Crippen LogP contribution is 2.15. The number of hydrogen-bond acceptors (Lipinski definition) is 3. The van der Waals surface area contributed by atoms with Crippen LogP contribution in [0.15, 0.2) is 54.6 Å². The second-order valence-corrected chi connectivity index (χ2v) is 5.77. The van der Waals surface area contributed by atoms with Gasteiger partial charge in [-0.3, -0.25) is 4.79 Å². The molecule has 2 rings (SSSR count). The molecular weight excluding hydrogens is 316 g/mol. The van der Waals surface area contributed by atoms with Gasteiger partial charge in [0.25, 0.3) is 5.91 Å². The number of carboxylic acids is 1. The Labute approximate surface area is 148 Å². The number of nitrogens with zero attached hydrogens (tertiary/aromatic N) is 1. The van der Waals surface area contributed by atoms with Crippen LogP contribution >= 0.6 is 0 Å². The van der Waals surface area contributed by atoms with Crippen molar-refractivity contribution in [3.63, 3.8) is 0 Å². The van der Waals surface area contributed by atoms with Crippen molar-refractivity contribution >= 4 is 17.6 Å². The van der Waals surface area contributed by atoms with Crippen LogP contribution in [-0.2, 0) is 11.2 Å². The summed E-state index contributed by atoms with van der Waals surface area (Å²) in [6.07, 6.45) is 0.249. The number of hydrogen-bond donors (Lipinski definition) is 2. The Morgan fingerprint density at radius 2 is 1.60 bits per heavy atom. The molecule has 0 radical (unpaired) electrons. The molecule has 132 valence electrons. The van der Waals surface area contributed by atoms with E-state index in [1.807, 2.05) is 42.5 Å². The van der Waals surface area contributed by atoms with Gasteiger partial charge in [0.1, 0.15) is 6.04 Å². The third-order valence-electron chi connectivity index (χ3n) is 4.14. The summed E-state index contributed by atoms with van der Waals surface area (Å²) in [4.78, 5) is 26.0. The molecule has 0 spiro atoms. The Morgan fingerprint density at radius 1 is 1.00 bits per heavy atom. The van der Waals surface area contributed by atoms with Gasteiger partial charge in [0.15, 0.2) is 0 Å². The van der Waals surface area contributed by atoms with E-state index in [4.69, 9.17) is 0 Å². The van der Waals surface area contributed by atoms with Crippen LogP contribution in [0, 0.1) is 0 Å². The van der Waals surface area contributed by atoms with Crippen molar-refractivity contribution < 1.29 is 14.7 Å². The fraction of sp³-hybridized carbons (Fsp3) is 0.300. The molecule has 5 nitrogen and oxygen atoms in total. The lowest BCUT2D eigenvalue weighted by atomic mass is 10.1. The first-order valence-corrected chi connectivity index (χ1v) is 8.47. The van der Waals surface area contributed by atoms with Crippen molar-refractivity contribution in [2.75, 3.05) is 18.0 Å². The van der Waals surface area contributed by atoms with E-state index in [0.29, 0.717) is 5.56 Å². The van der Waals surface area contributed by atoms with Gasteiger partial charge in [-0.05, 0) is 43.7 Å². The Balaban J connectivity index is 2.06. The summed E-state index contributed by atoms with van der Waals surface area (Å²) in [5, 5.41) is 12.0. The highest BCUT2D eigenvalue weighted by molar-refractivity contribution is 5.96. The number of amides is 1. The molecule has 0 saturated heterocycles. The number of benzene rings is 2. The molecule has 2 aromatic carbocycles. The molecule has 1 atom stereocenters. The lowest BCUT2D eigenvalue weighted by molar-refractivity contribution is -0.139.